The summed E-state index contributed by atoms with van der Waals surface area (Å²) in [6.45, 7) is 5.94. The molecule has 13 heavy (non-hydrogen) atoms. The Balaban J connectivity index is 4.47. The lowest BCUT2D eigenvalue weighted by Gasteiger charge is -2.24. The van der Waals surface area contributed by atoms with Gasteiger partial charge in [-0.2, -0.15) is 0 Å². The van der Waals surface area contributed by atoms with E-state index < -0.39 is 11.1 Å². The minimum atomic E-state index is -1.29. The van der Waals surface area contributed by atoms with Crippen molar-refractivity contribution in [1.82, 2.24) is 0 Å². The van der Waals surface area contributed by atoms with E-state index >= 15 is 0 Å². The van der Waals surface area contributed by atoms with Gasteiger partial charge in [0.2, 0.25) is 0 Å². The summed E-state index contributed by atoms with van der Waals surface area (Å²) in [5, 5.41) is 0. The predicted octanol–water partition coefficient (Wildman–Crippen LogP) is 1.95. The van der Waals surface area contributed by atoms with Gasteiger partial charge in [0.25, 0.3) is 0 Å². The summed E-state index contributed by atoms with van der Waals surface area (Å²) >= 11 is 4.14. The molecule has 0 saturated carbocycles. The van der Waals surface area contributed by atoms with E-state index in [1.165, 1.54) is 6.26 Å². The van der Waals surface area contributed by atoms with E-state index in [-0.39, 0.29) is 17.4 Å². The topological polar surface area (TPSA) is 26.3 Å². The zero-order valence-electron chi connectivity index (χ0n) is 8.39. The third kappa shape index (κ3) is 6.09. The zero-order chi connectivity index (χ0) is 10.5. The van der Waals surface area contributed by atoms with Crippen LogP contribution in [0.25, 0.3) is 0 Å². The van der Waals surface area contributed by atoms with Crippen LogP contribution in [0.15, 0.2) is 0 Å². The fraction of sp³-hybridized carbons (Fsp3) is 0.778. The van der Waals surface area contributed by atoms with Gasteiger partial charge >= 0.3 is 0 Å². The third-order valence-corrected chi connectivity index (χ3v) is 1.92. The Morgan fingerprint density at radius 1 is 1.54 bits per heavy atom. The van der Waals surface area contributed by atoms with Crippen molar-refractivity contribution in [3.8, 4) is 11.8 Å². The average Bonchev–Trinajstić information content (AvgIpc) is 1.95. The molecule has 76 valence electrons. The third-order valence-electron chi connectivity index (χ3n) is 1.32. The van der Waals surface area contributed by atoms with Crippen molar-refractivity contribution in [2.24, 2.45) is 5.41 Å². The quantitative estimate of drug-likeness (QED) is 0.528. The SMILES string of the molecule is CS(=O)OC(C#CCCl)C(C)(C)C. The van der Waals surface area contributed by atoms with E-state index in [1.807, 2.05) is 20.8 Å². The molecule has 0 aromatic rings. The molecule has 0 spiro atoms. The van der Waals surface area contributed by atoms with Gasteiger partial charge in [0.05, 0.1) is 5.88 Å². The molecule has 0 rings (SSSR count). The molecule has 0 aromatic heterocycles. The van der Waals surface area contributed by atoms with Crippen molar-refractivity contribution in [2.75, 3.05) is 12.1 Å². The molecule has 0 amide bonds. The molecular formula is C9H15ClO2S. The standard InChI is InChI=1S/C9H15ClO2S/c1-9(2,3)8(6-5-7-10)12-13(4)11/h8H,7H2,1-4H3. The Hall–Kier alpha value is -0.0400. The second kappa shape index (κ2) is 5.64. The molecule has 0 aliphatic heterocycles. The highest BCUT2D eigenvalue weighted by Crippen LogP contribution is 2.22. The first kappa shape index (κ1) is 13.0. The molecule has 0 bridgehead atoms. The van der Waals surface area contributed by atoms with Crippen molar-refractivity contribution in [1.29, 1.82) is 0 Å². The maximum atomic E-state index is 10.9. The zero-order valence-corrected chi connectivity index (χ0v) is 9.96. The van der Waals surface area contributed by atoms with E-state index in [9.17, 15) is 4.21 Å². The van der Waals surface area contributed by atoms with Crippen LogP contribution < -0.4 is 0 Å². The normalized spacial score (nSPS) is 15.8. The van der Waals surface area contributed by atoms with Gasteiger partial charge in [-0.3, -0.25) is 4.18 Å². The van der Waals surface area contributed by atoms with Gasteiger partial charge in [-0.1, -0.05) is 32.6 Å². The van der Waals surface area contributed by atoms with Gasteiger partial charge in [0.15, 0.2) is 11.1 Å². The Bertz CT molecular complexity index is 234. The molecule has 0 heterocycles. The van der Waals surface area contributed by atoms with Crippen LogP contribution in [0.3, 0.4) is 0 Å². The Kier molecular flexibility index (Phi) is 5.62. The first-order valence-electron chi connectivity index (χ1n) is 3.93. The molecule has 0 aliphatic rings. The molecular weight excluding hydrogens is 208 g/mol. The summed E-state index contributed by atoms with van der Waals surface area (Å²) in [7, 11) is 0. The summed E-state index contributed by atoms with van der Waals surface area (Å²) in [5.41, 5.74) is -0.148. The van der Waals surface area contributed by atoms with Crippen LogP contribution in [0.4, 0.5) is 0 Å². The highest BCUT2D eigenvalue weighted by Gasteiger charge is 2.24. The second-order valence-corrected chi connectivity index (χ2v) is 4.96. The van der Waals surface area contributed by atoms with E-state index in [1.54, 1.807) is 0 Å². The number of hydrogen-bond donors (Lipinski definition) is 0. The lowest BCUT2D eigenvalue weighted by Crippen LogP contribution is -2.28. The fourth-order valence-corrected chi connectivity index (χ4v) is 1.34. The predicted molar refractivity (Wildman–Crippen MR) is 56.9 cm³/mol. The number of halogens is 1. The van der Waals surface area contributed by atoms with Crippen molar-refractivity contribution in [3.05, 3.63) is 0 Å². The molecule has 2 unspecified atom stereocenters. The molecule has 0 aromatic carbocycles. The Morgan fingerprint density at radius 2 is 2.08 bits per heavy atom. The van der Waals surface area contributed by atoms with E-state index in [0.717, 1.165) is 0 Å². The van der Waals surface area contributed by atoms with Gasteiger partial charge < -0.3 is 0 Å². The molecule has 0 N–H and O–H groups in total. The number of rotatable bonds is 2. The van der Waals surface area contributed by atoms with Crippen LogP contribution in [0.2, 0.25) is 0 Å². The summed E-state index contributed by atoms with van der Waals surface area (Å²) in [6.07, 6.45) is 1.15. The fourth-order valence-electron chi connectivity index (χ4n) is 0.652. The average molecular weight is 223 g/mol. The van der Waals surface area contributed by atoms with Crippen molar-refractivity contribution >= 4 is 22.7 Å². The monoisotopic (exact) mass is 222 g/mol. The highest BCUT2D eigenvalue weighted by molar-refractivity contribution is 7.79. The molecule has 0 saturated heterocycles. The first-order valence-corrected chi connectivity index (χ1v) is 5.94. The molecule has 4 heteroatoms. The summed E-state index contributed by atoms with van der Waals surface area (Å²) in [6, 6.07) is 0. The Morgan fingerprint density at radius 3 is 2.38 bits per heavy atom. The van der Waals surface area contributed by atoms with Crippen molar-refractivity contribution in [2.45, 2.75) is 26.9 Å². The Labute approximate surface area is 87.7 Å². The van der Waals surface area contributed by atoms with Crippen LogP contribution in [0.1, 0.15) is 20.8 Å². The van der Waals surface area contributed by atoms with E-state index in [2.05, 4.69) is 11.8 Å². The molecule has 2 atom stereocenters. The van der Waals surface area contributed by atoms with Crippen LogP contribution in [0, 0.1) is 17.3 Å². The second-order valence-electron chi connectivity index (χ2n) is 3.70. The van der Waals surface area contributed by atoms with Crippen molar-refractivity contribution < 1.29 is 8.39 Å². The number of alkyl halides is 1. The largest absolute Gasteiger partial charge is 0.274 e. The van der Waals surface area contributed by atoms with Crippen LogP contribution in [-0.4, -0.2) is 22.4 Å². The lowest BCUT2D eigenvalue weighted by molar-refractivity contribution is 0.154. The van der Waals surface area contributed by atoms with Gasteiger partial charge in [-0.25, -0.2) is 4.21 Å². The minimum absolute atomic E-state index is 0.148. The highest BCUT2D eigenvalue weighted by atomic mass is 35.5. The maximum absolute atomic E-state index is 10.9. The summed E-state index contributed by atoms with van der Waals surface area (Å²) in [5.74, 6) is 5.83. The van der Waals surface area contributed by atoms with Gasteiger partial charge in [-0.05, 0) is 0 Å². The van der Waals surface area contributed by atoms with Crippen LogP contribution >= 0.6 is 11.6 Å². The first-order chi connectivity index (χ1) is 5.88. The van der Waals surface area contributed by atoms with Crippen LogP contribution in [-0.2, 0) is 15.3 Å². The van der Waals surface area contributed by atoms with Crippen LogP contribution in [0.5, 0.6) is 0 Å². The van der Waals surface area contributed by atoms with E-state index in [0.29, 0.717) is 0 Å². The maximum Gasteiger partial charge on any atom is 0.153 e. The molecule has 2 nitrogen and oxygen atoms in total. The smallest absolute Gasteiger partial charge is 0.153 e. The summed E-state index contributed by atoms with van der Waals surface area (Å²) < 4.78 is 16.0. The van der Waals surface area contributed by atoms with Gasteiger partial charge in [0.1, 0.15) is 6.10 Å². The van der Waals surface area contributed by atoms with Gasteiger partial charge in [0, 0.05) is 11.7 Å². The minimum Gasteiger partial charge on any atom is -0.274 e. The lowest BCUT2D eigenvalue weighted by atomic mass is 9.90. The summed E-state index contributed by atoms with van der Waals surface area (Å²) in [4.78, 5) is 0. The molecule has 0 radical (unpaired) electrons. The molecule has 0 aliphatic carbocycles. The number of hydrogen-bond acceptors (Lipinski definition) is 2. The van der Waals surface area contributed by atoms with E-state index in [4.69, 9.17) is 15.8 Å². The van der Waals surface area contributed by atoms with Crippen molar-refractivity contribution in [3.63, 3.8) is 0 Å². The van der Waals surface area contributed by atoms with Gasteiger partial charge in [-0.15, -0.1) is 11.6 Å². The molecule has 0 fully saturated rings.